The summed E-state index contributed by atoms with van der Waals surface area (Å²) in [6.45, 7) is 0. The summed E-state index contributed by atoms with van der Waals surface area (Å²) in [6.07, 6.45) is 2.32. The standard InChI is InChI=1S/C10H11NO2/c12-7-11-10-6-5-8-3-1-2-4-9(8)13-10/h1-4,7,10H,5-6H2,(H,11,12). The molecule has 0 saturated heterocycles. The molecule has 1 atom stereocenters. The van der Waals surface area contributed by atoms with Crippen LogP contribution in [-0.4, -0.2) is 12.6 Å². The molecule has 0 radical (unpaired) electrons. The second-order valence-electron chi connectivity index (χ2n) is 3.04. The summed E-state index contributed by atoms with van der Waals surface area (Å²) >= 11 is 0. The zero-order valence-electron chi connectivity index (χ0n) is 7.19. The lowest BCUT2D eigenvalue weighted by atomic mass is 10.1. The van der Waals surface area contributed by atoms with E-state index < -0.39 is 0 Å². The van der Waals surface area contributed by atoms with E-state index in [1.807, 2.05) is 24.3 Å². The molecule has 0 fully saturated rings. The lowest BCUT2D eigenvalue weighted by molar-refractivity contribution is -0.112. The third-order valence-electron chi connectivity index (χ3n) is 2.17. The Kier molecular flexibility index (Phi) is 2.17. The maximum absolute atomic E-state index is 10.2. The molecule has 1 amide bonds. The van der Waals surface area contributed by atoms with Gasteiger partial charge in [-0.15, -0.1) is 0 Å². The minimum Gasteiger partial charge on any atom is -0.470 e. The number of benzene rings is 1. The third kappa shape index (κ3) is 1.64. The fourth-order valence-electron chi connectivity index (χ4n) is 1.52. The molecule has 0 aliphatic carbocycles. The number of carbonyl (C=O) groups excluding carboxylic acids is 1. The van der Waals surface area contributed by atoms with E-state index in [2.05, 4.69) is 5.32 Å². The molecule has 68 valence electrons. The first-order valence-electron chi connectivity index (χ1n) is 4.34. The minimum absolute atomic E-state index is 0.160. The summed E-state index contributed by atoms with van der Waals surface area (Å²) in [4.78, 5) is 10.2. The molecule has 1 aliphatic rings. The zero-order valence-corrected chi connectivity index (χ0v) is 7.19. The van der Waals surface area contributed by atoms with Crippen LogP contribution >= 0.6 is 0 Å². The fourth-order valence-corrected chi connectivity index (χ4v) is 1.52. The van der Waals surface area contributed by atoms with Crippen molar-refractivity contribution in [2.75, 3.05) is 0 Å². The summed E-state index contributed by atoms with van der Waals surface area (Å²) in [6, 6.07) is 7.90. The van der Waals surface area contributed by atoms with Gasteiger partial charge in [-0.3, -0.25) is 4.79 Å². The first-order valence-corrected chi connectivity index (χ1v) is 4.34. The summed E-state index contributed by atoms with van der Waals surface area (Å²) in [5.74, 6) is 0.883. The van der Waals surface area contributed by atoms with Gasteiger partial charge in [0.2, 0.25) is 6.41 Å². The Morgan fingerprint density at radius 2 is 2.31 bits per heavy atom. The quantitative estimate of drug-likeness (QED) is 0.686. The van der Waals surface area contributed by atoms with Gasteiger partial charge in [-0.2, -0.15) is 0 Å². The van der Waals surface area contributed by atoms with Crippen LogP contribution in [-0.2, 0) is 11.2 Å². The van der Waals surface area contributed by atoms with E-state index in [-0.39, 0.29) is 6.23 Å². The summed E-state index contributed by atoms with van der Waals surface area (Å²) in [5, 5.41) is 2.62. The molecular formula is C10H11NO2. The molecule has 1 heterocycles. The van der Waals surface area contributed by atoms with Gasteiger partial charge in [0.1, 0.15) is 5.75 Å². The summed E-state index contributed by atoms with van der Waals surface area (Å²) < 4.78 is 5.53. The average molecular weight is 177 g/mol. The summed E-state index contributed by atoms with van der Waals surface area (Å²) in [7, 11) is 0. The van der Waals surface area contributed by atoms with Crippen molar-refractivity contribution in [1.82, 2.24) is 5.32 Å². The highest BCUT2D eigenvalue weighted by molar-refractivity contribution is 5.47. The van der Waals surface area contributed by atoms with Crippen LogP contribution in [0.2, 0.25) is 0 Å². The van der Waals surface area contributed by atoms with Gasteiger partial charge in [0, 0.05) is 6.42 Å². The van der Waals surface area contributed by atoms with Crippen molar-refractivity contribution in [3.05, 3.63) is 29.8 Å². The van der Waals surface area contributed by atoms with Crippen molar-refractivity contribution in [2.45, 2.75) is 19.1 Å². The van der Waals surface area contributed by atoms with E-state index in [9.17, 15) is 4.79 Å². The van der Waals surface area contributed by atoms with Crippen molar-refractivity contribution >= 4 is 6.41 Å². The molecule has 13 heavy (non-hydrogen) atoms. The molecular weight excluding hydrogens is 166 g/mol. The van der Waals surface area contributed by atoms with Gasteiger partial charge in [-0.25, -0.2) is 0 Å². The maximum Gasteiger partial charge on any atom is 0.209 e. The van der Waals surface area contributed by atoms with E-state index in [4.69, 9.17) is 4.74 Å². The number of ether oxygens (including phenoxy) is 1. The van der Waals surface area contributed by atoms with Gasteiger partial charge in [-0.05, 0) is 18.1 Å². The Morgan fingerprint density at radius 1 is 1.46 bits per heavy atom. The molecule has 3 heteroatoms. The zero-order chi connectivity index (χ0) is 9.10. The van der Waals surface area contributed by atoms with E-state index in [1.165, 1.54) is 5.56 Å². The average Bonchev–Trinajstić information content (AvgIpc) is 2.18. The Balaban J connectivity index is 2.15. The topological polar surface area (TPSA) is 38.3 Å². The van der Waals surface area contributed by atoms with Gasteiger partial charge in [0.05, 0.1) is 0 Å². The minimum atomic E-state index is -0.160. The van der Waals surface area contributed by atoms with E-state index in [0.29, 0.717) is 6.41 Å². The number of hydrogen-bond acceptors (Lipinski definition) is 2. The smallest absolute Gasteiger partial charge is 0.209 e. The second-order valence-corrected chi connectivity index (χ2v) is 3.04. The second kappa shape index (κ2) is 3.47. The van der Waals surface area contributed by atoms with Crippen molar-refractivity contribution in [3.8, 4) is 5.75 Å². The number of hydrogen-bond donors (Lipinski definition) is 1. The van der Waals surface area contributed by atoms with Crippen LogP contribution < -0.4 is 10.1 Å². The molecule has 1 N–H and O–H groups in total. The number of para-hydroxylation sites is 1. The van der Waals surface area contributed by atoms with Crippen LogP contribution in [0.4, 0.5) is 0 Å². The Labute approximate surface area is 76.7 Å². The van der Waals surface area contributed by atoms with E-state index >= 15 is 0 Å². The summed E-state index contributed by atoms with van der Waals surface area (Å²) in [5.41, 5.74) is 1.21. The number of fused-ring (bicyclic) bond motifs is 1. The van der Waals surface area contributed by atoms with Crippen LogP contribution in [0.1, 0.15) is 12.0 Å². The predicted octanol–water partition coefficient (Wildman–Crippen LogP) is 1.08. The molecule has 1 aromatic carbocycles. The highest BCUT2D eigenvalue weighted by Gasteiger charge is 2.17. The molecule has 0 aromatic heterocycles. The van der Waals surface area contributed by atoms with Crippen molar-refractivity contribution in [2.24, 2.45) is 0 Å². The van der Waals surface area contributed by atoms with Crippen molar-refractivity contribution in [3.63, 3.8) is 0 Å². The van der Waals surface area contributed by atoms with Crippen LogP contribution in [0.3, 0.4) is 0 Å². The van der Waals surface area contributed by atoms with Crippen LogP contribution in [0, 0.1) is 0 Å². The van der Waals surface area contributed by atoms with Gasteiger partial charge in [-0.1, -0.05) is 18.2 Å². The molecule has 3 nitrogen and oxygen atoms in total. The Hall–Kier alpha value is -1.51. The lowest BCUT2D eigenvalue weighted by Gasteiger charge is -2.24. The lowest BCUT2D eigenvalue weighted by Crippen LogP contribution is -2.36. The predicted molar refractivity (Wildman–Crippen MR) is 48.4 cm³/mol. The van der Waals surface area contributed by atoms with E-state index in [0.717, 1.165) is 18.6 Å². The van der Waals surface area contributed by atoms with Crippen LogP contribution in [0.25, 0.3) is 0 Å². The Morgan fingerprint density at radius 3 is 3.15 bits per heavy atom. The van der Waals surface area contributed by atoms with Crippen LogP contribution in [0.5, 0.6) is 5.75 Å². The number of carbonyl (C=O) groups is 1. The van der Waals surface area contributed by atoms with Gasteiger partial charge in [0.25, 0.3) is 0 Å². The number of rotatable bonds is 2. The number of amides is 1. The van der Waals surface area contributed by atoms with Crippen molar-refractivity contribution < 1.29 is 9.53 Å². The maximum atomic E-state index is 10.2. The number of aryl methyl sites for hydroxylation is 1. The molecule has 0 spiro atoms. The fraction of sp³-hybridized carbons (Fsp3) is 0.300. The Bertz CT molecular complexity index is 312. The molecule has 0 saturated carbocycles. The van der Waals surface area contributed by atoms with Gasteiger partial charge >= 0.3 is 0 Å². The largest absolute Gasteiger partial charge is 0.470 e. The van der Waals surface area contributed by atoms with Crippen molar-refractivity contribution in [1.29, 1.82) is 0 Å². The SMILES string of the molecule is O=CNC1CCc2ccccc2O1. The normalized spacial score (nSPS) is 19.8. The van der Waals surface area contributed by atoms with Crippen LogP contribution in [0.15, 0.2) is 24.3 Å². The molecule has 1 aromatic rings. The highest BCUT2D eigenvalue weighted by atomic mass is 16.5. The van der Waals surface area contributed by atoms with Gasteiger partial charge in [0.15, 0.2) is 6.23 Å². The third-order valence-corrected chi connectivity index (χ3v) is 2.17. The van der Waals surface area contributed by atoms with Gasteiger partial charge < -0.3 is 10.1 Å². The molecule has 2 rings (SSSR count). The molecule has 1 unspecified atom stereocenters. The number of nitrogens with one attached hydrogen (secondary N) is 1. The first-order chi connectivity index (χ1) is 6.40. The molecule has 0 bridgehead atoms. The highest BCUT2D eigenvalue weighted by Crippen LogP contribution is 2.25. The monoisotopic (exact) mass is 177 g/mol. The molecule has 1 aliphatic heterocycles. The van der Waals surface area contributed by atoms with E-state index in [1.54, 1.807) is 0 Å². The first kappa shape index (κ1) is 8.10.